The number of allylic oxidation sites excluding steroid dienone is 2. The Hall–Kier alpha value is -1.65. The van der Waals surface area contributed by atoms with Crippen molar-refractivity contribution >= 4 is 5.91 Å². The van der Waals surface area contributed by atoms with Crippen LogP contribution < -0.4 is 5.32 Å². The first-order valence-electron chi connectivity index (χ1n) is 6.10. The monoisotopic (exact) mass is 234 g/mol. The van der Waals surface area contributed by atoms with Gasteiger partial charge in [-0.05, 0) is 26.2 Å². The van der Waals surface area contributed by atoms with Crippen LogP contribution in [0.15, 0.2) is 18.5 Å². The van der Waals surface area contributed by atoms with Gasteiger partial charge in [0.05, 0.1) is 6.54 Å². The molecule has 0 radical (unpaired) electrons. The molecule has 1 aromatic rings. The third kappa shape index (κ3) is 2.93. The van der Waals surface area contributed by atoms with Gasteiger partial charge in [0, 0.05) is 12.5 Å². The van der Waals surface area contributed by atoms with Crippen molar-refractivity contribution in [3.8, 4) is 0 Å². The van der Waals surface area contributed by atoms with Crippen LogP contribution in [0.4, 0.5) is 0 Å². The number of carbonyl (C=O) groups excluding carboxylic acids is 1. The molecule has 0 aliphatic heterocycles. The van der Waals surface area contributed by atoms with Crippen LogP contribution in [0.5, 0.6) is 0 Å². The van der Waals surface area contributed by atoms with E-state index in [-0.39, 0.29) is 11.8 Å². The molecular weight excluding hydrogens is 216 g/mol. The summed E-state index contributed by atoms with van der Waals surface area (Å²) < 4.78 is 1.93. The van der Waals surface area contributed by atoms with E-state index >= 15 is 0 Å². The summed E-state index contributed by atoms with van der Waals surface area (Å²) in [5.74, 6) is 1.06. The molecular formula is C12H18N4O. The fraction of sp³-hybridized carbons (Fsp3) is 0.583. The van der Waals surface area contributed by atoms with Gasteiger partial charge < -0.3 is 9.88 Å². The summed E-state index contributed by atoms with van der Waals surface area (Å²) in [7, 11) is 0. The molecule has 5 nitrogen and oxygen atoms in total. The Morgan fingerprint density at radius 3 is 3.18 bits per heavy atom. The molecule has 0 spiro atoms. The Balaban J connectivity index is 1.85. The van der Waals surface area contributed by atoms with Crippen molar-refractivity contribution in [2.24, 2.45) is 5.92 Å². The summed E-state index contributed by atoms with van der Waals surface area (Å²) in [6, 6.07) is 0. The van der Waals surface area contributed by atoms with E-state index in [1.165, 1.54) is 0 Å². The molecule has 1 aromatic heterocycles. The van der Waals surface area contributed by atoms with Gasteiger partial charge in [0.15, 0.2) is 5.82 Å². The van der Waals surface area contributed by atoms with E-state index in [4.69, 9.17) is 0 Å². The van der Waals surface area contributed by atoms with Gasteiger partial charge in [0.1, 0.15) is 6.33 Å². The quantitative estimate of drug-likeness (QED) is 0.798. The van der Waals surface area contributed by atoms with E-state index in [0.29, 0.717) is 6.54 Å². The Morgan fingerprint density at radius 1 is 1.59 bits per heavy atom. The highest BCUT2D eigenvalue weighted by molar-refractivity contribution is 5.78. The third-order valence-corrected chi connectivity index (χ3v) is 3.10. The van der Waals surface area contributed by atoms with Gasteiger partial charge in [-0.1, -0.05) is 12.2 Å². The van der Waals surface area contributed by atoms with Crippen LogP contribution in [-0.2, 0) is 17.9 Å². The van der Waals surface area contributed by atoms with Crippen LogP contribution in [-0.4, -0.2) is 20.7 Å². The van der Waals surface area contributed by atoms with Crippen molar-refractivity contribution in [3.63, 3.8) is 0 Å². The van der Waals surface area contributed by atoms with Gasteiger partial charge in [-0.2, -0.15) is 0 Å². The molecule has 0 aromatic carbocycles. The van der Waals surface area contributed by atoms with Crippen molar-refractivity contribution in [1.29, 1.82) is 0 Å². The maximum absolute atomic E-state index is 11.9. The minimum Gasteiger partial charge on any atom is -0.349 e. The zero-order chi connectivity index (χ0) is 12.1. The highest BCUT2D eigenvalue weighted by Crippen LogP contribution is 2.18. The average Bonchev–Trinajstić information content (AvgIpc) is 2.84. The van der Waals surface area contributed by atoms with Gasteiger partial charge in [-0.25, -0.2) is 0 Å². The summed E-state index contributed by atoms with van der Waals surface area (Å²) in [5, 5.41) is 10.8. The van der Waals surface area contributed by atoms with Crippen molar-refractivity contribution in [3.05, 3.63) is 24.3 Å². The second kappa shape index (κ2) is 5.61. The van der Waals surface area contributed by atoms with Crippen LogP contribution in [0.1, 0.15) is 32.0 Å². The lowest BCUT2D eigenvalue weighted by molar-refractivity contribution is -0.125. The number of rotatable bonds is 4. The van der Waals surface area contributed by atoms with Crippen LogP contribution in [0.25, 0.3) is 0 Å². The highest BCUT2D eigenvalue weighted by atomic mass is 16.1. The zero-order valence-corrected chi connectivity index (χ0v) is 10.1. The van der Waals surface area contributed by atoms with E-state index in [1.807, 2.05) is 11.5 Å². The molecule has 1 amide bonds. The van der Waals surface area contributed by atoms with Crippen molar-refractivity contribution < 1.29 is 4.79 Å². The maximum atomic E-state index is 11.9. The lowest BCUT2D eigenvalue weighted by Crippen LogP contribution is -2.31. The normalized spacial score (nSPS) is 19.2. The molecule has 1 heterocycles. The molecule has 0 bridgehead atoms. The number of hydrogen-bond donors (Lipinski definition) is 1. The fourth-order valence-electron chi connectivity index (χ4n) is 2.02. The Bertz CT molecular complexity index is 410. The molecule has 0 saturated heterocycles. The molecule has 17 heavy (non-hydrogen) atoms. The molecule has 1 N–H and O–H groups in total. The van der Waals surface area contributed by atoms with Gasteiger partial charge >= 0.3 is 0 Å². The number of carbonyl (C=O) groups is 1. The van der Waals surface area contributed by atoms with Crippen molar-refractivity contribution in [2.45, 2.75) is 39.3 Å². The number of hydrogen-bond acceptors (Lipinski definition) is 3. The van der Waals surface area contributed by atoms with E-state index < -0.39 is 0 Å². The lowest BCUT2D eigenvalue weighted by Gasteiger charge is -2.17. The molecule has 0 unspecified atom stereocenters. The topological polar surface area (TPSA) is 59.8 Å². The number of nitrogens with zero attached hydrogens (tertiary/aromatic N) is 3. The highest BCUT2D eigenvalue weighted by Gasteiger charge is 2.18. The van der Waals surface area contributed by atoms with E-state index in [2.05, 4.69) is 27.7 Å². The molecule has 92 valence electrons. The summed E-state index contributed by atoms with van der Waals surface area (Å²) >= 11 is 0. The Kier molecular flexibility index (Phi) is 3.90. The van der Waals surface area contributed by atoms with Crippen LogP contribution >= 0.6 is 0 Å². The standard InChI is InChI=1S/C12H18N4O/c1-2-16-9-14-15-11(16)8-13-12(17)10-6-4-3-5-7-10/h3-4,9-10H,2,5-8H2,1H3,(H,13,17)/t10-/m0/s1. The average molecular weight is 234 g/mol. The summed E-state index contributed by atoms with van der Waals surface area (Å²) in [4.78, 5) is 11.9. The lowest BCUT2D eigenvalue weighted by atomic mass is 9.94. The predicted molar refractivity (Wildman–Crippen MR) is 64.0 cm³/mol. The Labute approximate surface area is 101 Å². The second-order valence-electron chi connectivity index (χ2n) is 4.23. The minimum atomic E-state index is 0.123. The number of aryl methyl sites for hydroxylation is 1. The van der Waals surface area contributed by atoms with Crippen LogP contribution in [0.3, 0.4) is 0 Å². The first-order chi connectivity index (χ1) is 8.31. The first-order valence-corrected chi connectivity index (χ1v) is 6.10. The SMILES string of the molecule is CCn1cnnc1CNC(=O)[C@H]1CC=CCC1. The number of nitrogens with one attached hydrogen (secondary N) is 1. The molecule has 1 atom stereocenters. The van der Waals surface area contributed by atoms with Crippen molar-refractivity contribution in [2.75, 3.05) is 0 Å². The van der Waals surface area contributed by atoms with Crippen molar-refractivity contribution in [1.82, 2.24) is 20.1 Å². The van der Waals surface area contributed by atoms with Gasteiger partial charge in [-0.3, -0.25) is 4.79 Å². The second-order valence-corrected chi connectivity index (χ2v) is 4.23. The fourth-order valence-corrected chi connectivity index (χ4v) is 2.02. The van der Waals surface area contributed by atoms with Gasteiger partial charge in [0.25, 0.3) is 0 Å². The van der Waals surface area contributed by atoms with E-state index in [1.54, 1.807) is 6.33 Å². The maximum Gasteiger partial charge on any atom is 0.223 e. The number of amides is 1. The van der Waals surface area contributed by atoms with E-state index in [9.17, 15) is 4.79 Å². The molecule has 1 aliphatic carbocycles. The van der Waals surface area contributed by atoms with Gasteiger partial charge in [0.2, 0.25) is 5.91 Å². The minimum absolute atomic E-state index is 0.123. The first kappa shape index (κ1) is 11.8. The van der Waals surface area contributed by atoms with Crippen LogP contribution in [0, 0.1) is 5.92 Å². The number of aromatic nitrogens is 3. The summed E-state index contributed by atoms with van der Waals surface area (Å²) in [6.07, 6.45) is 8.71. The summed E-state index contributed by atoms with van der Waals surface area (Å²) in [5.41, 5.74) is 0. The molecule has 1 aliphatic rings. The third-order valence-electron chi connectivity index (χ3n) is 3.10. The van der Waals surface area contributed by atoms with E-state index in [0.717, 1.165) is 31.6 Å². The zero-order valence-electron chi connectivity index (χ0n) is 10.1. The molecule has 2 rings (SSSR count). The molecule has 5 heteroatoms. The predicted octanol–water partition coefficient (Wildman–Crippen LogP) is 1.27. The largest absolute Gasteiger partial charge is 0.349 e. The Morgan fingerprint density at radius 2 is 2.47 bits per heavy atom. The van der Waals surface area contributed by atoms with Gasteiger partial charge in [-0.15, -0.1) is 10.2 Å². The van der Waals surface area contributed by atoms with Crippen LogP contribution in [0.2, 0.25) is 0 Å². The summed E-state index contributed by atoms with van der Waals surface area (Å²) in [6.45, 7) is 3.32. The molecule has 0 saturated carbocycles. The smallest absolute Gasteiger partial charge is 0.223 e. The molecule has 0 fully saturated rings.